The van der Waals surface area contributed by atoms with Crippen molar-refractivity contribution in [3.05, 3.63) is 54.1 Å². The van der Waals surface area contributed by atoms with Gasteiger partial charge in [0.05, 0.1) is 4.90 Å². The van der Waals surface area contributed by atoms with Crippen LogP contribution in [0.5, 0.6) is 5.75 Å². The first kappa shape index (κ1) is 25.4. The molecule has 2 rings (SSSR count). The second kappa shape index (κ2) is 11.6. The molecule has 2 aromatic rings. The van der Waals surface area contributed by atoms with Crippen molar-refractivity contribution in [2.75, 3.05) is 18.5 Å². The Hall–Kier alpha value is -2.91. The minimum Gasteiger partial charge on any atom is -0.484 e. The van der Waals surface area contributed by atoms with Gasteiger partial charge in [0, 0.05) is 12.2 Å². The van der Waals surface area contributed by atoms with Crippen LogP contribution in [0.2, 0.25) is 0 Å². The molecule has 3 N–H and O–H groups in total. The molecule has 0 saturated carbocycles. The summed E-state index contributed by atoms with van der Waals surface area (Å²) in [6, 6.07) is 12.0. The van der Waals surface area contributed by atoms with Crippen molar-refractivity contribution in [1.29, 1.82) is 0 Å². The molecule has 0 aliphatic carbocycles. The third kappa shape index (κ3) is 7.97. The van der Waals surface area contributed by atoms with Crippen molar-refractivity contribution in [2.24, 2.45) is 5.92 Å². The fraction of sp³-hybridized carbons (Fsp3) is 0.391. The van der Waals surface area contributed by atoms with E-state index in [2.05, 4.69) is 15.4 Å². The third-order valence-electron chi connectivity index (χ3n) is 4.52. The zero-order valence-corrected chi connectivity index (χ0v) is 19.7. The normalized spacial score (nSPS) is 12.3. The molecule has 2 aromatic carbocycles. The summed E-state index contributed by atoms with van der Waals surface area (Å²) in [5, 5.41) is 5.38. The average molecular weight is 462 g/mol. The van der Waals surface area contributed by atoms with E-state index >= 15 is 0 Å². The van der Waals surface area contributed by atoms with E-state index in [1.165, 1.54) is 12.1 Å². The van der Waals surface area contributed by atoms with Crippen LogP contribution in [0.1, 0.15) is 32.8 Å². The number of carbonyl (C=O) groups excluding carboxylic acids is 2. The third-order valence-corrected chi connectivity index (χ3v) is 6.01. The molecule has 0 spiro atoms. The molecular weight excluding hydrogens is 430 g/mol. The number of carbonyl (C=O) groups is 2. The van der Waals surface area contributed by atoms with Gasteiger partial charge >= 0.3 is 0 Å². The largest absolute Gasteiger partial charge is 0.484 e. The van der Waals surface area contributed by atoms with Crippen LogP contribution in [0.3, 0.4) is 0 Å². The summed E-state index contributed by atoms with van der Waals surface area (Å²) in [7, 11) is -3.85. The van der Waals surface area contributed by atoms with Gasteiger partial charge in [-0.15, -0.1) is 0 Å². The van der Waals surface area contributed by atoms with E-state index in [0.717, 1.165) is 5.56 Å². The van der Waals surface area contributed by atoms with E-state index in [0.29, 0.717) is 24.4 Å². The minimum absolute atomic E-state index is 0.0940. The molecule has 0 bridgehead atoms. The Labute approximate surface area is 189 Å². The summed E-state index contributed by atoms with van der Waals surface area (Å²) in [4.78, 5) is 24.4. The van der Waals surface area contributed by atoms with Crippen LogP contribution in [0.15, 0.2) is 53.4 Å². The predicted octanol–water partition coefficient (Wildman–Crippen LogP) is 2.84. The second-order valence-corrected chi connectivity index (χ2v) is 9.59. The van der Waals surface area contributed by atoms with Crippen molar-refractivity contribution >= 4 is 27.5 Å². The Morgan fingerprint density at radius 2 is 1.62 bits per heavy atom. The van der Waals surface area contributed by atoms with Crippen LogP contribution in [0, 0.1) is 12.8 Å². The molecule has 1 atom stereocenters. The highest BCUT2D eigenvalue weighted by Crippen LogP contribution is 2.18. The molecule has 0 radical (unpaired) electrons. The number of aryl methyl sites for hydroxylation is 1. The van der Waals surface area contributed by atoms with Crippen LogP contribution < -0.4 is 20.1 Å². The summed E-state index contributed by atoms with van der Waals surface area (Å²) in [6.45, 7) is 7.95. The highest BCUT2D eigenvalue weighted by Gasteiger charge is 2.26. The van der Waals surface area contributed by atoms with Crippen molar-refractivity contribution in [1.82, 2.24) is 10.0 Å². The van der Waals surface area contributed by atoms with Crippen molar-refractivity contribution < 1.29 is 22.7 Å². The summed E-state index contributed by atoms with van der Waals surface area (Å²) in [5.74, 6) is -0.0998. The lowest BCUT2D eigenvalue weighted by Gasteiger charge is -2.20. The van der Waals surface area contributed by atoms with Crippen LogP contribution in [0.4, 0.5) is 5.69 Å². The lowest BCUT2D eigenvalue weighted by Crippen LogP contribution is -2.44. The van der Waals surface area contributed by atoms with E-state index in [9.17, 15) is 18.0 Å². The maximum atomic E-state index is 12.9. The SMILES string of the molecule is CCNC(=O)COc1ccc(NC(=O)C(CC(C)C)NS(=O)(=O)c2ccc(C)cc2)cc1. The van der Waals surface area contributed by atoms with Gasteiger partial charge in [0.15, 0.2) is 6.61 Å². The van der Waals surface area contributed by atoms with Gasteiger partial charge in [0.25, 0.3) is 5.91 Å². The van der Waals surface area contributed by atoms with Gasteiger partial charge in [-0.05, 0) is 62.6 Å². The molecule has 0 fully saturated rings. The van der Waals surface area contributed by atoms with Gasteiger partial charge in [-0.1, -0.05) is 31.5 Å². The summed E-state index contributed by atoms with van der Waals surface area (Å²) in [5.41, 5.74) is 1.43. The molecule has 9 heteroatoms. The van der Waals surface area contributed by atoms with E-state index in [1.54, 1.807) is 36.4 Å². The van der Waals surface area contributed by atoms with Gasteiger partial charge in [-0.25, -0.2) is 8.42 Å². The summed E-state index contributed by atoms with van der Waals surface area (Å²) in [6.07, 6.45) is 0.338. The molecule has 0 aliphatic rings. The number of rotatable bonds is 11. The van der Waals surface area contributed by atoms with Crippen molar-refractivity contribution in [3.8, 4) is 5.75 Å². The minimum atomic E-state index is -3.85. The van der Waals surface area contributed by atoms with Crippen LogP contribution in [0.25, 0.3) is 0 Å². The van der Waals surface area contributed by atoms with Crippen molar-refractivity contribution in [2.45, 2.75) is 45.1 Å². The first-order valence-corrected chi connectivity index (χ1v) is 12.0. The van der Waals surface area contributed by atoms with Gasteiger partial charge in [-0.2, -0.15) is 4.72 Å². The molecule has 0 heterocycles. The Morgan fingerprint density at radius 1 is 1.00 bits per heavy atom. The Kier molecular flexibility index (Phi) is 9.22. The number of nitrogens with one attached hydrogen (secondary N) is 3. The number of ether oxygens (including phenoxy) is 1. The topological polar surface area (TPSA) is 114 Å². The van der Waals surface area contributed by atoms with Crippen LogP contribution in [-0.2, 0) is 19.6 Å². The van der Waals surface area contributed by atoms with Gasteiger partial charge < -0.3 is 15.4 Å². The monoisotopic (exact) mass is 461 g/mol. The number of hydrogen-bond acceptors (Lipinski definition) is 5. The quantitative estimate of drug-likeness (QED) is 0.476. The van der Waals surface area contributed by atoms with Crippen LogP contribution in [-0.4, -0.2) is 39.4 Å². The number of anilines is 1. The van der Waals surface area contributed by atoms with Gasteiger partial charge in [0.1, 0.15) is 11.8 Å². The maximum absolute atomic E-state index is 12.9. The smallest absolute Gasteiger partial charge is 0.257 e. The summed E-state index contributed by atoms with van der Waals surface area (Å²) >= 11 is 0. The molecule has 174 valence electrons. The molecule has 32 heavy (non-hydrogen) atoms. The first-order valence-electron chi connectivity index (χ1n) is 10.5. The van der Waals surface area contributed by atoms with Crippen LogP contribution >= 0.6 is 0 Å². The average Bonchev–Trinajstić information content (AvgIpc) is 2.73. The number of likely N-dealkylation sites (N-methyl/N-ethyl adjacent to an activating group) is 1. The fourth-order valence-electron chi connectivity index (χ4n) is 2.91. The Morgan fingerprint density at radius 3 is 2.19 bits per heavy atom. The Balaban J connectivity index is 2.06. The zero-order valence-electron chi connectivity index (χ0n) is 18.8. The standard InChI is InChI=1S/C23H31N3O5S/c1-5-24-22(27)15-31-19-10-8-18(9-11-19)25-23(28)21(14-16(2)3)26-32(29,30)20-12-6-17(4)7-13-20/h6-13,16,21,26H,5,14-15H2,1-4H3,(H,24,27)(H,25,28). The summed E-state index contributed by atoms with van der Waals surface area (Å²) < 4.78 is 33.5. The second-order valence-electron chi connectivity index (χ2n) is 7.87. The number of amides is 2. The van der Waals surface area contributed by atoms with E-state index in [-0.39, 0.29) is 23.3 Å². The maximum Gasteiger partial charge on any atom is 0.257 e. The predicted molar refractivity (Wildman–Crippen MR) is 124 cm³/mol. The Bertz CT molecular complexity index is 1000. The molecule has 0 aliphatic heterocycles. The number of hydrogen-bond donors (Lipinski definition) is 3. The van der Waals surface area contributed by atoms with Gasteiger partial charge in [-0.3, -0.25) is 9.59 Å². The molecule has 2 amide bonds. The molecular formula is C23H31N3O5S. The number of benzene rings is 2. The molecule has 0 saturated heterocycles. The zero-order chi connectivity index (χ0) is 23.7. The first-order chi connectivity index (χ1) is 15.1. The number of sulfonamides is 1. The van der Waals surface area contributed by atoms with E-state index in [1.807, 2.05) is 27.7 Å². The molecule has 8 nitrogen and oxygen atoms in total. The fourth-order valence-corrected chi connectivity index (χ4v) is 4.12. The van der Waals surface area contributed by atoms with Gasteiger partial charge in [0.2, 0.25) is 15.9 Å². The molecule has 0 aromatic heterocycles. The van der Waals surface area contributed by atoms with E-state index in [4.69, 9.17) is 4.74 Å². The lowest BCUT2D eigenvalue weighted by atomic mass is 10.0. The highest BCUT2D eigenvalue weighted by atomic mass is 32.2. The van der Waals surface area contributed by atoms with E-state index < -0.39 is 22.0 Å². The lowest BCUT2D eigenvalue weighted by molar-refractivity contribution is -0.123. The highest BCUT2D eigenvalue weighted by molar-refractivity contribution is 7.89. The molecule has 1 unspecified atom stereocenters. The van der Waals surface area contributed by atoms with Crippen molar-refractivity contribution in [3.63, 3.8) is 0 Å².